The summed E-state index contributed by atoms with van der Waals surface area (Å²) in [5.74, 6) is -3.45. The molecule has 7 N–H and O–H groups in total. The van der Waals surface area contributed by atoms with E-state index in [4.69, 9.17) is 5.73 Å². The molecular weight excluding hydrogens is 416 g/mol. The van der Waals surface area contributed by atoms with E-state index < -0.39 is 47.9 Å². The van der Waals surface area contributed by atoms with Crippen molar-refractivity contribution in [3.63, 3.8) is 0 Å². The summed E-state index contributed by atoms with van der Waals surface area (Å²) in [6.07, 6.45) is 0.211. The average molecular weight is 451 g/mol. The molecule has 10 heteroatoms. The number of rotatable bonds is 11. The molecule has 32 heavy (non-hydrogen) atoms. The molecule has 0 aliphatic heterocycles. The molecule has 0 bridgehead atoms. The number of hydrogen-bond acceptors (Lipinski definition) is 6. The zero-order valence-corrected chi connectivity index (χ0v) is 19.1. The Balaban J connectivity index is 2.73. The molecule has 10 nitrogen and oxygen atoms in total. The first-order valence-corrected chi connectivity index (χ1v) is 10.5. The maximum atomic E-state index is 12.7. The van der Waals surface area contributed by atoms with E-state index in [1.807, 2.05) is 0 Å². The molecule has 0 aliphatic carbocycles. The average Bonchev–Trinajstić information content (AvgIpc) is 2.70. The van der Waals surface area contributed by atoms with Crippen molar-refractivity contribution in [1.82, 2.24) is 16.0 Å². The van der Waals surface area contributed by atoms with Crippen LogP contribution < -0.4 is 21.7 Å². The number of carboxylic acid groups (broad SMARTS) is 1. The van der Waals surface area contributed by atoms with Gasteiger partial charge < -0.3 is 31.9 Å². The molecule has 0 fully saturated rings. The van der Waals surface area contributed by atoms with Crippen LogP contribution in [0.25, 0.3) is 0 Å². The van der Waals surface area contributed by atoms with E-state index in [2.05, 4.69) is 16.0 Å². The summed E-state index contributed by atoms with van der Waals surface area (Å²) in [7, 11) is 0. The third kappa shape index (κ3) is 8.18. The summed E-state index contributed by atoms with van der Waals surface area (Å²) in [6, 6.07) is 2.33. The lowest BCUT2D eigenvalue weighted by molar-refractivity contribution is -0.143. The Labute approximate surface area is 187 Å². The van der Waals surface area contributed by atoms with Gasteiger partial charge >= 0.3 is 5.97 Å². The smallest absolute Gasteiger partial charge is 0.326 e. The monoisotopic (exact) mass is 450 g/mol. The fourth-order valence-electron chi connectivity index (χ4n) is 2.93. The quantitative estimate of drug-likeness (QED) is 0.278. The van der Waals surface area contributed by atoms with E-state index >= 15 is 0 Å². The highest BCUT2D eigenvalue weighted by Gasteiger charge is 2.30. The third-order valence-corrected chi connectivity index (χ3v) is 4.96. The van der Waals surface area contributed by atoms with E-state index in [-0.39, 0.29) is 24.0 Å². The van der Waals surface area contributed by atoms with Gasteiger partial charge in [-0.1, -0.05) is 39.8 Å². The lowest BCUT2D eigenvalue weighted by Gasteiger charge is -2.26. The largest absolute Gasteiger partial charge is 0.508 e. The van der Waals surface area contributed by atoms with Crippen molar-refractivity contribution < 1.29 is 29.4 Å². The summed E-state index contributed by atoms with van der Waals surface area (Å²) < 4.78 is 0. The number of carbonyl (C=O) groups excluding carboxylic acids is 3. The molecule has 0 aromatic heterocycles. The minimum atomic E-state index is -1.16. The number of hydrogen-bond donors (Lipinski definition) is 6. The SMILES string of the molecule is CC(NC(=O)C(NC(=O)C(N)Cc1ccc(O)cc1)C(C)C)C(=O)NC(C(=O)O)C(C)C. The van der Waals surface area contributed by atoms with Gasteiger partial charge in [-0.25, -0.2) is 4.79 Å². The van der Waals surface area contributed by atoms with Crippen LogP contribution in [0, 0.1) is 11.8 Å². The molecule has 1 aromatic carbocycles. The molecule has 1 aromatic rings. The van der Waals surface area contributed by atoms with Gasteiger partial charge in [-0.2, -0.15) is 0 Å². The van der Waals surface area contributed by atoms with E-state index in [0.29, 0.717) is 0 Å². The van der Waals surface area contributed by atoms with Crippen LogP contribution in [0.5, 0.6) is 5.75 Å². The Morgan fingerprint density at radius 2 is 1.31 bits per heavy atom. The second kappa shape index (κ2) is 12.0. The number of benzene rings is 1. The number of phenols is 1. The van der Waals surface area contributed by atoms with Crippen molar-refractivity contribution >= 4 is 23.7 Å². The number of phenolic OH excluding ortho intramolecular Hbond substituents is 1. The maximum absolute atomic E-state index is 12.7. The molecule has 0 heterocycles. The summed E-state index contributed by atoms with van der Waals surface area (Å²) in [4.78, 5) is 48.9. The minimum absolute atomic E-state index is 0.101. The van der Waals surface area contributed by atoms with Crippen LogP contribution in [-0.4, -0.2) is 58.1 Å². The Kier molecular flexibility index (Phi) is 10.1. The number of carbonyl (C=O) groups is 4. The van der Waals surface area contributed by atoms with Gasteiger partial charge in [0.1, 0.15) is 23.9 Å². The molecule has 0 radical (unpaired) electrons. The van der Waals surface area contributed by atoms with Gasteiger partial charge in [-0.05, 0) is 42.9 Å². The van der Waals surface area contributed by atoms with Gasteiger partial charge in [0.15, 0.2) is 0 Å². The Hall–Kier alpha value is -3.14. The van der Waals surface area contributed by atoms with Gasteiger partial charge in [0.2, 0.25) is 17.7 Å². The number of aromatic hydroxyl groups is 1. The summed E-state index contributed by atoms with van der Waals surface area (Å²) in [5.41, 5.74) is 6.72. The van der Waals surface area contributed by atoms with E-state index in [0.717, 1.165) is 5.56 Å². The van der Waals surface area contributed by atoms with E-state index in [1.165, 1.54) is 19.1 Å². The summed E-state index contributed by atoms with van der Waals surface area (Å²) in [5, 5.41) is 26.1. The van der Waals surface area contributed by atoms with Gasteiger partial charge in [-0.3, -0.25) is 14.4 Å². The molecule has 1 rings (SSSR count). The predicted octanol–water partition coefficient (Wildman–Crippen LogP) is 0.133. The first kappa shape index (κ1) is 26.9. The lowest BCUT2D eigenvalue weighted by Crippen LogP contribution is -2.58. The number of nitrogens with two attached hydrogens (primary N) is 1. The van der Waals surface area contributed by atoms with Crippen molar-refractivity contribution in [3.8, 4) is 5.75 Å². The van der Waals surface area contributed by atoms with Crippen molar-refractivity contribution in [2.75, 3.05) is 0 Å². The molecule has 3 amide bonds. The molecule has 0 spiro atoms. The van der Waals surface area contributed by atoms with Crippen LogP contribution in [-0.2, 0) is 25.6 Å². The first-order valence-electron chi connectivity index (χ1n) is 10.5. The molecule has 178 valence electrons. The standard InChI is InChI=1S/C22H34N4O6/c1-11(2)17(25-20(29)16(23)10-14-6-8-15(27)9-7-14)21(30)24-13(5)19(28)26-18(12(3)4)22(31)32/h6-9,11-13,16-18,27H,10,23H2,1-5H3,(H,24,30)(H,25,29)(H,26,28)(H,31,32). The van der Waals surface area contributed by atoms with E-state index in [1.54, 1.807) is 39.8 Å². The maximum Gasteiger partial charge on any atom is 0.326 e. The Morgan fingerprint density at radius 3 is 1.78 bits per heavy atom. The molecular formula is C22H34N4O6. The van der Waals surface area contributed by atoms with Gasteiger partial charge in [0, 0.05) is 0 Å². The molecule has 0 saturated carbocycles. The summed E-state index contributed by atoms with van der Waals surface area (Å²) in [6.45, 7) is 8.23. The number of aliphatic carboxylic acids is 1. The highest BCUT2D eigenvalue weighted by atomic mass is 16.4. The van der Waals surface area contributed by atoms with Crippen molar-refractivity contribution in [1.29, 1.82) is 0 Å². The molecule has 0 saturated heterocycles. The predicted molar refractivity (Wildman–Crippen MR) is 119 cm³/mol. The van der Waals surface area contributed by atoms with Crippen LogP contribution in [0.2, 0.25) is 0 Å². The molecule has 4 unspecified atom stereocenters. The number of amides is 3. The van der Waals surface area contributed by atoms with Crippen molar-refractivity contribution in [3.05, 3.63) is 29.8 Å². The number of nitrogens with one attached hydrogen (secondary N) is 3. The van der Waals surface area contributed by atoms with Crippen LogP contribution in [0.1, 0.15) is 40.2 Å². The van der Waals surface area contributed by atoms with E-state index in [9.17, 15) is 29.4 Å². The number of carboxylic acids is 1. The zero-order valence-electron chi connectivity index (χ0n) is 19.1. The fourth-order valence-corrected chi connectivity index (χ4v) is 2.93. The van der Waals surface area contributed by atoms with Crippen LogP contribution in [0.4, 0.5) is 0 Å². The van der Waals surface area contributed by atoms with Gasteiger partial charge in [0.25, 0.3) is 0 Å². The Bertz CT molecular complexity index is 809. The molecule has 0 aliphatic rings. The van der Waals surface area contributed by atoms with Crippen LogP contribution >= 0.6 is 0 Å². The van der Waals surface area contributed by atoms with Gasteiger partial charge in [0.05, 0.1) is 6.04 Å². The third-order valence-electron chi connectivity index (χ3n) is 4.96. The van der Waals surface area contributed by atoms with Crippen LogP contribution in [0.3, 0.4) is 0 Å². The van der Waals surface area contributed by atoms with Crippen molar-refractivity contribution in [2.24, 2.45) is 17.6 Å². The summed E-state index contributed by atoms with van der Waals surface area (Å²) >= 11 is 0. The lowest BCUT2D eigenvalue weighted by atomic mass is 10.0. The molecule has 4 atom stereocenters. The minimum Gasteiger partial charge on any atom is -0.508 e. The topological polar surface area (TPSA) is 171 Å². The fraction of sp³-hybridized carbons (Fsp3) is 0.545. The second-order valence-electron chi connectivity index (χ2n) is 8.51. The van der Waals surface area contributed by atoms with Crippen LogP contribution in [0.15, 0.2) is 24.3 Å². The normalized spacial score (nSPS) is 14.9. The zero-order chi connectivity index (χ0) is 24.6. The van der Waals surface area contributed by atoms with Gasteiger partial charge in [-0.15, -0.1) is 0 Å². The second-order valence-corrected chi connectivity index (χ2v) is 8.51. The highest BCUT2D eigenvalue weighted by molar-refractivity contribution is 5.94. The van der Waals surface area contributed by atoms with Crippen molar-refractivity contribution in [2.45, 2.75) is 65.2 Å². The highest BCUT2D eigenvalue weighted by Crippen LogP contribution is 2.11. The Morgan fingerprint density at radius 1 is 0.812 bits per heavy atom. The first-order chi connectivity index (χ1) is 14.8.